The molecule has 29 heavy (non-hydrogen) atoms. The lowest BCUT2D eigenvalue weighted by molar-refractivity contribution is -0.112. The van der Waals surface area contributed by atoms with Gasteiger partial charge in [-0.05, 0) is 63.8 Å². The van der Waals surface area contributed by atoms with Gasteiger partial charge in [-0.2, -0.15) is 0 Å². The normalized spacial score (nSPS) is 18.3. The van der Waals surface area contributed by atoms with Gasteiger partial charge < -0.3 is 4.74 Å². The third-order valence-electron chi connectivity index (χ3n) is 4.62. The largest absolute Gasteiger partial charge is 0.454 e. The predicted octanol–water partition coefficient (Wildman–Crippen LogP) is 7.19. The van der Waals surface area contributed by atoms with Crippen LogP contribution in [0.1, 0.15) is 30.5 Å². The molecule has 0 saturated carbocycles. The Bertz CT molecular complexity index is 1040. The van der Waals surface area contributed by atoms with Crippen molar-refractivity contribution in [3.63, 3.8) is 0 Å². The highest BCUT2D eigenvalue weighted by atomic mass is 32.1. The van der Waals surface area contributed by atoms with Gasteiger partial charge in [0, 0.05) is 5.57 Å². The Morgan fingerprint density at radius 2 is 1.41 bits per heavy atom. The Hall–Kier alpha value is -2.69. The molecular formula is C25H22O2S2. The predicted molar refractivity (Wildman–Crippen MR) is 124 cm³/mol. The number of rotatable bonds is 3. The number of hydrogen-bond donors (Lipinski definition) is 0. The molecule has 3 heterocycles. The topological polar surface area (TPSA) is 26.3 Å². The van der Waals surface area contributed by atoms with Gasteiger partial charge in [0.25, 0.3) is 0 Å². The zero-order valence-electron chi connectivity index (χ0n) is 16.6. The zero-order valence-corrected chi connectivity index (χ0v) is 18.3. The van der Waals surface area contributed by atoms with Crippen LogP contribution in [0, 0.1) is 5.41 Å². The fourth-order valence-electron chi connectivity index (χ4n) is 3.13. The first-order valence-corrected chi connectivity index (χ1v) is 11.2. The summed E-state index contributed by atoms with van der Waals surface area (Å²) in [5.41, 5.74) is 2.74. The maximum Gasteiger partial charge on any atom is 0.182 e. The summed E-state index contributed by atoms with van der Waals surface area (Å²) >= 11 is 3.32. The van der Waals surface area contributed by atoms with Crippen LogP contribution < -0.4 is 0 Å². The van der Waals surface area contributed by atoms with Crippen LogP contribution in [0.15, 0.2) is 94.3 Å². The molecule has 4 rings (SSSR count). The average molecular weight is 419 g/mol. The number of ether oxygens (including phenoxy) is 1. The van der Waals surface area contributed by atoms with Gasteiger partial charge in [-0.25, -0.2) is 0 Å². The van der Waals surface area contributed by atoms with Crippen molar-refractivity contribution in [3.05, 3.63) is 104 Å². The van der Waals surface area contributed by atoms with Gasteiger partial charge in [-0.15, -0.1) is 22.7 Å². The van der Waals surface area contributed by atoms with Gasteiger partial charge in [-0.3, -0.25) is 4.79 Å². The average Bonchev–Trinajstić information content (AvgIpc) is 3.40. The molecule has 0 aromatic carbocycles. The molecule has 1 aliphatic heterocycles. The minimum Gasteiger partial charge on any atom is -0.454 e. The van der Waals surface area contributed by atoms with Crippen LogP contribution in [-0.4, -0.2) is 5.78 Å². The fraction of sp³-hybridized carbons (Fsp3) is 0.160. The van der Waals surface area contributed by atoms with E-state index in [-0.39, 0.29) is 11.2 Å². The standard InChI is InChI=1S/C25H22O2S2/c1-25(2,3)19-14-17(10-11-20(19)26)8-9-18-15-21(23-6-4-12-28-23)27-22(16-18)24-7-5-13-29-24/h4-16H,1-3H3. The third kappa shape index (κ3) is 4.50. The summed E-state index contributed by atoms with van der Waals surface area (Å²) in [6.07, 6.45) is 13.8. The molecule has 0 spiro atoms. The Kier molecular flexibility index (Phi) is 5.39. The number of hydrogen-bond acceptors (Lipinski definition) is 4. The molecule has 0 fully saturated rings. The summed E-state index contributed by atoms with van der Waals surface area (Å²) in [6, 6.07) is 8.19. The minimum atomic E-state index is -0.175. The zero-order chi connectivity index (χ0) is 20.4. The highest BCUT2D eigenvalue weighted by Gasteiger charge is 2.24. The molecule has 2 aromatic rings. The molecule has 2 nitrogen and oxygen atoms in total. The lowest BCUT2D eigenvalue weighted by Crippen LogP contribution is -2.18. The molecular weight excluding hydrogens is 396 g/mol. The van der Waals surface area contributed by atoms with Crippen molar-refractivity contribution in [1.82, 2.24) is 0 Å². The molecule has 0 saturated heterocycles. The van der Waals surface area contributed by atoms with E-state index in [1.54, 1.807) is 28.7 Å². The molecule has 0 N–H and O–H groups in total. The number of ketones is 1. The van der Waals surface area contributed by atoms with E-state index in [0.717, 1.165) is 38.0 Å². The van der Waals surface area contributed by atoms with Gasteiger partial charge >= 0.3 is 0 Å². The molecule has 1 aliphatic carbocycles. The van der Waals surface area contributed by atoms with Crippen molar-refractivity contribution in [2.24, 2.45) is 5.41 Å². The van der Waals surface area contributed by atoms with E-state index < -0.39 is 0 Å². The molecule has 0 bridgehead atoms. The SMILES string of the molecule is CC(C)(C)C1=CC(=CC=C2C=C(c3cccs3)OC(c3cccs3)=C2)C=CC1=O. The van der Waals surface area contributed by atoms with Crippen LogP contribution in [0.2, 0.25) is 0 Å². The van der Waals surface area contributed by atoms with Gasteiger partial charge in [0.15, 0.2) is 5.78 Å². The molecule has 0 unspecified atom stereocenters. The smallest absolute Gasteiger partial charge is 0.182 e. The van der Waals surface area contributed by atoms with Crippen molar-refractivity contribution in [1.29, 1.82) is 0 Å². The summed E-state index contributed by atoms with van der Waals surface area (Å²) in [5.74, 6) is 1.81. The lowest BCUT2D eigenvalue weighted by atomic mass is 9.80. The van der Waals surface area contributed by atoms with Gasteiger partial charge in [0.1, 0.15) is 11.5 Å². The van der Waals surface area contributed by atoms with E-state index in [9.17, 15) is 4.79 Å². The van der Waals surface area contributed by atoms with Crippen molar-refractivity contribution in [3.8, 4) is 0 Å². The number of carbonyl (C=O) groups is 1. The van der Waals surface area contributed by atoms with Gasteiger partial charge in [0.2, 0.25) is 0 Å². The third-order valence-corrected chi connectivity index (χ3v) is 6.39. The summed E-state index contributed by atoms with van der Waals surface area (Å²) in [7, 11) is 0. The van der Waals surface area contributed by atoms with E-state index >= 15 is 0 Å². The lowest BCUT2D eigenvalue weighted by Gasteiger charge is -2.23. The molecule has 0 radical (unpaired) electrons. The second-order valence-electron chi connectivity index (χ2n) is 7.91. The highest BCUT2D eigenvalue weighted by Crippen LogP contribution is 2.35. The van der Waals surface area contributed by atoms with Gasteiger partial charge in [0.05, 0.1) is 9.75 Å². The monoisotopic (exact) mass is 418 g/mol. The quantitative estimate of drug-likeness (QED) is 0.527. The summed E-state index contributed by atoms with van der Waals surface area (Å²) in [4.78, 5) is 14.4. The fourth-order valence-corrected chi connectivity index (χ4v) is 4.48. The van der Waals surface area contributed by atoms with Crippen molar-refractivity contribution in [2.45, 2.75) is 20.8 Å². The first-order valence-electron chi connectivity index (χ1n) is 9.46. The maximum absolute atomic E-state index is 12.2. The number of allylic oxidation sites excluding steroid dienone is 10. The second-order valence-corrected chi connectivity index (χ2v) is 9.81. The van der Waals surface area contributed by atoms with Crippen LogP contribution in [-0.2, 0) is 9.53 Å². The van der Waals surface area contributed by atoms with E-state index in [1.165, 1.54) is 0 Å². The number of thiophene rings is 2. The molecule has 4 heteroatoms. The molecule has 0 amide bonds. The van der Waals surface area contributed by atoms with Crippen LogP contribution in [0.4, 0.5) is 0 Å². The minimum absolute atomic E-state index is 0.0909. The molecule has 2 aliphatic rings. The van der Waals surface area contributed by atoms with Crippen LogP contribution in [0.3, 0.4) is 0 Å². The van der Waals surface area contributed by atoms with Crippen molar-refractivity contribution >= 4 is 40.0 Å². The highest BCUT2D eigenvalue weighted by molar-refractivity contribution is 7.11. The van der Waals surface area contributed by atoms with Crippen molar-refractivity contribution in [2.75, 3.05) is 0 Å². The van der Waals surface area contributed by atoms with E-state index in [1.807, 2.05) is 24.3 Å². The first-order chi connectivity index (χ1) is 13.9. The van der Waals surface area contributed by atoms with Crippen LogP contribution in [0.25, 0.3) is 11.5 Å². The van der Waals surface area contributed by atoms with E-state index in [2.05, 4.69) is 68.0 Å². The van der Waals surface area contributed by atoms with Gasteiger partial charge in [-0.1, -0.05) is 51.1 Å². The van der Waals surface area contributed by atoms with E-state index in [0.29, 0.717) is 0 Å². The summed E-state index contributed by atoms with van der Waals surface area (Å²) in [5, 5.41) is 4.10. The Morgan fingerprint density at radius 3 is 1.93 bits per heavy atom. The summed E-state index contributed by atoms with van der Waals surface area (Å²) < 4.78 is 6.18. The van der Waals surface area contributed by atoms with Crippen LogP contribution in [0.5, 0.6) is 0 Å². The molecule has 0 atom stereocenters. The maximum atomic E-state index is 12.2. The Labute approximate surface area is 179 Å². The van der Waals surface area contributed by atoms with E-state index in [4.69, 9.17) is 4.74 Å². The molecule has 146 valence electrons. The summed E-state index contributed by atoms with van der Waals surface area (Å²) in [6.45, 7) is 6.20. The first kappa shape index (κ1) is 19.6. The van der Waals surface area contributed by atoms with Crippen LogP contribution >= 0.6 is 22.7 Å². The Balaban J connectivity index is 1.71. The second kappa shape index (κ2) is 7.97. The number of carbonyl (C=O) groups excluding carboxylic acids is 1. The molecule has 2 aromatic heterocycles. The van der Waals surface area contributed by atoms with Crippen molar-refractivity contribution < 1.29 is 9.53 Å². The Morgan fingerprint density at radius 1 is 0.828 bits per heavy atom.